The topological polar surface area (TPSA) is 206 Å². The summed E-state index contributed by atoms with van der Waals surface area (Å²) < 4.78 is 48.5. The van der Waals surface area contributed by atoms with E-state index in [1.807, 2.05) is 0 Å². The molecule has 0 saturated carbocycles. The van der Waals surface area contributed by atoms with E-state index in [1.54, 1.807) is 0 Å². The summed E-state index contributed by atoms with van der Waals surface area (Å²) in [5.41, 5.74) is 0. The van der Waals surface area contributed by atoms with E-state index >= 15 is 0 Å². The van der Waals surface area contributed by atoms with E-state index in [0.717, 1.165) is 41.5 Å². The van der Waals surface area contributed by atoms with Crippen LogP contribution in [0, 0.1) is 0 Å². The van der Waals surface area contributed by atoms with Crippen LogP contribution in [0.25, 0.3) is 0 Å². The molecule has 16 nitrogen and oxygen atoms in total. The third-order valence-electron chi connectivity index (χ3n) is 5.57. The third-order valence-corrected chi connectivity index (χ3v) is 5.57. The van der Waals surface area contributed by atoms with Crippen molar-refractivity contribution in [2.75, 3.05) is 6.61 Å². The highest BCUT2D eigenvalue weighted by molar-refractivity contribution is 5.69. The van der Waals surface area contributed by atoms with Gasteiger partial charge >= 0.3 is 35.8 Å². The maximum atomic E-state index is 11.9. The molecule has 16 heteroatoms. The van der Waals surface area contributed by atoms with Gasteiger partial charge in [-0.15, -0.1) is 0 Å². The second-order valence-electron chi connectivity index (χ2n) is 9.05. The molecule has 2 aliphatic heterocycles. The predicted octanol–water partition coefficient (Wildman–Crippen LogP) is -0.945. The average Bonchev–Trinajstić information content (AvgIpc) is 2.79. The van der Waals surface area contributed by atoms with Crippen molar-refractivity contribution in [3.8, 4) is 0 Å². The van der Waals surface area contributed by atoms with Crippen LogP contribution >= 0.6 is 0 Å². The van der Waals surface area contributed by atoms with Crippen molar-refractivity contribution >= 4 is 35.8 Å². The van der Waals surface area contributed by atoms with Crippen LogP contribution in [0.4, 0.5) is 0 Å². The van der Waals surface area contributed by atoms with Gasteiger partial charge in [0.25, 0.3) is 0 Å². The molecule has 0 aromatic carbocycles. The highest BCUT2D eigenvalue weighted by atomic mass is 16.7. The molecule has 0 radical (unpaired) electrons. The molecule has 40 heavy (non-hydrogen) atoms. The Labute approximate surface area is 229 Å². The lowest BCUT2D eigenvalue weighted by molar-refractivity contribution is -0.326. The van der Waals surface area contributed by atoms with Crippen molar-refractivity contribution in [3.63, 3.8) is 0 Å². The standard InChI is InChI=1S/C24H34O16/c1-9-17(34-10(2)25)19(36-12(4)27)22(39-15(7)30)24(33-9)32-8-16-18(35-11(3)26)20(37-13(5)28)21(23(31)40-16)38-14(6)29/h9,16-24,31H,8H2,1-7H3. The largest absolute Gasteiger partial charge is 0.456 e. The van der Waals surface area contributed by atoms with E-state index in [0.29, 0.717) is 0 Å². The fourth-order valence-electron chi connectivity index (χ4n) is 4.30. The normalized spacial score (nSPS) is 33.6. The van der Waals surface area contributed by atoms with Crippen molar-refractivity contribution in [2.45, 2.75) is 110 Å². The van der Waals surface area contributed by atoms with E-state index in [9.17, 15) is 33.9 Å². The summed E-state index contributed by atoms with van der Waals surface area (Å²) in [6, 6.07) is 0. The summed E-state index contributed by atoms with van der Waals surface area (Å²) in [7, 11) is 0. The zero-order valence-corrected chi connectivity index (χ0v) is 23.1. The number of aliphatic hydroxyl groups is 1. The van der Waals surface area contributed by atoms with E-state index in [1.165, 1.54) is 6.92 Å². The molecule has 0 spiro atoms. The Morgan fingerprint density at radius 1 is 0.550 bits per heavy atom. The summed E-state index contributed by atoms with van der Waals surface area (Å²) in [5, 5.41) is 10.5. The molecule has 0 aromatic rings. The van der Waals surface area contributed by atoms with Gasteiger partial charge < -0.3 is 47.7 Å². The minimum atomic E-state index is -1.84. The summed E-state index contributed by atoms with van der Waals surface area (Å²) in [6.07, 6.45) is -14.0. The third kappa shape index (κ3) is 9.11. The van der Waals surface area contributed by atoms with E-state index in [-0.39, 0.29) is 0 Å². The van der Waals surface area contributed by atoms with Crippen molar-refractivity contribution < 1.29 is 76.5 Å². The van der Waals surface area contributed by atoms with Crippen LogP contribution in [0.1, 0.15) is 48.5 Å². The number of carbonyl (C=O) groups excluding carboxylic acids is 6. The molecule has 0 aromatic heterocycles. The first-order valence-electron chi connectivity index (χ1n) is 12.2. The summed E-state index contributed by atoms with van der Waals surface area (Å²) in [5.74, 6) is -4.81. The summed E-state index contributed by atoms with van der Waals surface area (Å²) >= 11 is 0. The monoisotopic (exact) mass is 578 g/mol. The van der Waals surface area contributed by atoms with Gasteiger partial charge in [-0.2, -0.15) is 0 Å². The molecule has 2 saturated heterocycles. The molecule has 10 unspecified atom stereocenters. The van der Waals surface area contributed by atoms with Gasteiger partial charge in [-0.05, 0) is 6.92 Å². The molecule has 1 N–H and O–H groups in total. The highest BCUT2D eigenvalue weighted by Gasteiger charge is 2.54. The SMILES string of the molecule is CC(=O)OC1C(C)OC(OCC2OC(O)C(OC(C)=O)C(OC(C)=O)C2OC(C)=O)C(OC(C)=O)C1OC(C)=O. The van der Waals surface area contributed by atoms with Gasteiger partial charge in [0.1, 0.15) is 6.10 Å². The minimum absolute atomic E-state index is 0.542. The van der Waals surface area contributed by atoms with Crippen LogP contribution in [0.5, 0.6) is 0 Å². The number of esters is 6. The van der Waals surface area contributed by atoms with Crippen LogP contribution in [0.15, 0.2) is 0 Å². The second-order valence-corrected chi connectivity index (χ2v) is 9.05. The lowest BCUT2D eigenvalue weighted by Crippen LogP contribution is -2.64. The highest BCUT2D eigenvalue weighted by Crippen LogP contribution is 2.32. The van der Waals surface area contributed by atoms with Crippen LogP contribution in [-0.2, 0) is 71.4 Å². The number of ether oxygens (including phenoxy) is 9. The molecular weight excluding hydrogens is 544 g/mol. The maximum absolute atomic E-state index is 11.9. The molecule has 0 aliphatic carbocycles. The van der Waals surface area contributed by atoms with Gasteiger partial charge in [-0.3, -0.25) is 28.8 Å². The molecule has 0 bridgehead atoms. The second kappa shape index (κ2) is 14.3. The Bertz CT molecular complexity index is 889. The Morgan fingerprint density at radius 2 is 0.925 bits per heavy atom. The van der Waals surface area contributed by atoms with Crippen LogP contribution in [0.3, 0.4) is 0 Å². The van der Waals surface area contributed by atoms with Crippen molar-refractivity contribution in [1.82, 2.24) is 0 Å². The molecule has 226 valence electrons. The number of carbonyl (C=O) groups is 6. The van der Waals surface area contributed by atoms with E-state index in [4.69, 9.17) is 42.6 Å². The predicted molar refractivity (Wildman–Crippen MR) is 124 cm³/mol. The smallest absolute Gasteiger partial charge is 0.303 e. The zero-order chi connectivity index (χ0) is 30.3. The van der Waals surface area contributed by atoms with Gasteiger partial charge in [-0.1, -0.05) is 0 Å². The first-order chi connectivity index (χ1) is 18.6. The van der Waals surface area contributed by atoms with E-state index < -0.39 is 104 Å². The number of aliphatic hydroxyl groups excluding tert-OH is 1. The average molecular weight is 579 g/mol. The molecule has 2 rings (SSSR count). The first-order valence-corrected chi connectivity index (χ1v) is 12.2. The van der Waals surface area contributed by atoms with Gasteiger partial charge in [0, 0.05) is 41.5 Å². The number of hydrogen-bond acceptors (Lipinski definition) is 16. The quantitative estimate of drug-likeness (QED) is 0.259. The molecule has 2 fully saturated rings. The lowest BCUT2D eigenvalue weighted by Gasteiger charge is -2.45. The first kappa shape index (κ1) is 32.9. The molecule has 10 atom stereocenters. The van der Waals surface area contributed by atoms with Gasteiger partial charge in [0.05, 0.1) is 12.7 Å². The molecular formula is C24H34O16. The van der Waals surface area contributed by atoms with Crippen molar-refractivity contribution in [1.29, 1.82) is 0 Å². The Balaban J connectivity index is 2.38. The van der Waals surface area contributed by atoms with Crippen molar-refractivity contribution in [3.05, 3.63) is 0 Å². The van der Waals surface area contributed by atoms with Crippen molar-refractivity contribution in [2.24, 2.45) is 0 Å². The fourth-order valence-corrected chi connectivity index (χ4v) is 4.30. The molecule has 2 heterocycles. The lowest BCUT2D eigenvalue weighted by atomic mass is 9.97. The fraction of sp³-hybridized carbons (Fsp3) is 0.750. The minimum Gasteiger partial charge on any atom is -0.456 e. The number of rotatable bonds is 9. The maximum Gasteiger partial charge on any atom is 0.303 e. The summed E-state index contributed by atoms with van der Waals surface area (Å²) in [4.78, 5) is 70.7. The Hall–Kier alpha value is -3.34. The van der Waals surface area contributed by atoms with Gasteiger partial charge in [0.2, 0.25) is 0 Å². The van der Waals surface area contributed by atoms with Crippen LogP contribution in [0.2, 0.25) is 0 Å². The Morgan fingerprint density at radius 3 is 1.40 bits per heavy atom. The van der Waals surface area contributed by atoms with E-state index in [2.05, 4.69) is 0 Å². The van der Waals surface area contributed by atoms with Crippen LogP contribution in [-0.4, -0.2) is 109 Å². The Kier molecular flexibility index (Phi) is 11.8. The molecule has 2 aliphatic rings. The number of hydrogen-bond donors (Lipinski definition) is 1. The molecule has 0 amide bonds. The zero-order valence-electron chi connectivity index (χ0n) is 23.1. The van der Waals surface area contributed by atoms with Gasteiger partial charge in [-0.25, -0.2) is 0 Å². The van der Waals surface area contributed by atoms with Gasteiger partial charge in [0.15, 0.2) is 49.2 Å². The summed E-state index contributed by atoms with van der Waals surface area (Å²) in [6.45, 7) is 7.43. The van der Waals surface area contributed by atoms with Crippen LogP contribution < -0.4 is 0 Å².